The van der Waals surface area contributed by atoms with Crippen LogP contribution in [0, 0.1) is 0 Å². The van der Waals surface area contributed by atoms with E-state index in [0.29, 0.717) is 13.2 Å². The molecule has 0 spiro atoms. The van der Waals surface area contributed by atoms with Crippen molar-refractivity contribution in [2.45, 2.75) is 5.25 Å². The lowest BCUT2D eigenvalue weighted by Gasteiger charge is -2.17. The maximum absolute atomic E-state index is 12.6. The van der Waals surface area contributed by atoms with Gasteiger partial charge in [0.25, 0.3) is 0 Å². The van der Waals surface area contributed by atoms with Gasteiger partial charge in [-0.3, -0.25) is 0 Å². The number of hydrogen-bond donors (Lipinski definition) is 0. The van der Waals surface area contributed by atoms with Gasteiger partial charge >= 0.3 is 11.2 Å². The SMILES string of the molecule is COCCOCCOCCOC(=O)C(F)(F)S(=O)(=O)[O-]. The van der Waals surface area contributed by atoms with Gasteiger partial charge in [0.05, 0.1) is 33.0 Å². The van der Waals surface area contributed by atoms with E-state index in [1.807, 2.05) is 0 Å². The molecule has 8 nitrogen and oxygen atoms in total. The van der Waals surface area contributed by atoms with Crippen LogP contribution in [0.1, 0.15) is 0 Å². The fourth-order valence-electron chi connectivity index (χ4n) is 0.844. The summed E-state index contributed by atoms with van der Waals surface area (Å²) in [4.78, 5) is 10.7. The van der Waals surface area contributed by atoms with Crippen LogP contribution < -0.4 is 0 Å². The van der Waals surface area contributed by atoms with Crippen LogP contribution in [0.15, 0.2) is 0 Å². The van der Waals surface area contributed by atoms with Gasteiger partial charge in [0.1, 0.15) is 6.61 Å². The quantitative estimate of drug-likeness (QED) is 0.280. The van der Waals surface area contributed by atoms with Crippen LogP contribution >= 0.6 is 0 Å². The van der Waals surface area contributed by atoms with Gasteiger partial charge < -0.3 is 23.5 Å². The first kappa shape index (κ1) is 19.1. The van der Waals surface area contributed by atoms with Crippen molar-refractivity contribution >= 4 is 16.1 Å². The third kappa shape index (κ3) is 7.05. The number of halogens is 2. The Morgan fingerprint density at radius 3 is 1.95 bits per heavy atom. The molecule has 0 radical (unpaired) electrons. The van der Waals surface area contributed by atoms with Gasteiger partial charge in [-0.05, 0) is 0 Å². The Hall–Kier alpha value is -0.880. The minimum absolute atomic E-state index is 0.123. The molecule has 0 bridgehead atoms. The number of methoxy groups -OCH3 is 1. The summed E-state index contributed by atoms with van der Waals surface area (Å²) < 4.78 is 74.0. The second-order valence-corrected chi connectivity index (χ2v) is 4.75. The van der Waals surface area contributed by atoms with E-state index in [0.717, 1.165) is 0 Å². The van der Waals surface area contributed by atoms with E-state index in [1.54, 1.807) is 0 Å². The third-order valence-corrected chi connectivity index (χ3v) is 2.61. The van der Waals surface area contributed by atoms with Gasteiger partial charge in [-0.15, -0.1) is 0 Å². The standard InChI is InChI=1S/C9H16F2O8S/c1-16-2-3-17-4-5-18-6-7-19-8(12)9(10,11)20(13,14)15/h2-7H2,1H3,(H,13,14,15)/p-1. The van der Waals surface area contributed by atoms with Crippen molar-refractivity contribution < 1.29 is 45.5 Å². The third-order valence-electron chi connectivity index (χ3n) is 1.82. The summed E-state index contributed by atoms with van der Waals surface area (Å²) in [5.74, 6) is -2.42. The van der Waals surface area contributed by atoms with Crippen molar-refractivity contribution in [3.05, 3.63) is 0 Å². The summed E-state index contributed by atoms with van der Waals surface area (Å²) in [5, 5.41) is -5.10. The van der Waals surface area contributed by atoms with Crippen molar-refractivity contribution in [1.29, 1.82) is 0 Å². The minimum Gasteiger partial charge on any atom is -0.743 e. The molecule has 0 heterocycles. The summed E-state index contributed by atoms with van der Waals surface area (Å²) in [6.45, 7) is 0.273. The van der Waals surface area contributed by atoms with Crippen molar-refractivity contribution in [3.8, 4) is 0 Å². The molecule has 0 aromatic heterocycles. The van der Waals surface area contributed by atoms with E-state index in [-0.39, 0.29) is 19.8 Å². The maximum Gasteiger partial charge on any atom is 0.428 e. The van der Waals surface area contributed by atoms with E-state index in [2.05, 4.69) is 4.74 Å². The number of carbonyl (C=O) groups excluding carboxylic acids is 1. The van der Waals surface area contributed by atoms with E-state index in [1.165, 1.54) is 7.11 Å². The Morgan fingerprint density at radius 1 is 1.05 bits per heavy atom. The van der Waals surface area contributed by atoms with Crippen LogP contribution in [-0.4, -0.2) is 70.9 Å². The molecule has 0 aromatic carbocycles. The highest BCUT2D eigenvalue weighted by atomic mass is 32.2. The summed E-state index contributed by atoms with van der Waals surface area (Å²) in [6.07, 6.45) is 0. The van der Waals surface area contributed by atoms with Gasteiger partial charge in [0, 0.05) is 7.11 Å². The zero-order chi connectivity index (χ0) is 15.6. The van der Waals surface area contributed by atoms with Gasteiger partial charge in [-0.25, -0.2) is 13.2 Å². The second-order valence-electron chi connectivity index (χ2n) is 3.32. The zero-order valence-corrected chi connectivity index (χ0v) is 11.5. The van der Waals surface area contributed by atoms with E-state index in [4.69, 9.17) is 14.2 Å². The molecule has 0 fully saturated rings. The van der Waals surface area contributed by atoms with Crippen molar-refractivity contribution in [2.24, 2.45) is 0 Å². The van der Waals surface area contributed by atoms with Crippen LogP contribution in [0.4, 0.5) is 8.78 Å². The Morgan fingerprint density at radius 2 is 1.50 bits per heavy atom. The molecule has 0 amide bonds. The molecule has 0 aliphatic heterocycles. The number of ether oxygens (including phenoxy) is 4. The minimum atomic E-state index is -6.09. The Kier molecular flexibility index (Phi) is 8.73. The van der Waals surface area contributed by atoms with Gasteiger partial charge in [0.2, 0.25) is 0 Å². The summed E-state index contributed by atoms with van der Waals surface area (Å²) in [5.41, 5.74) is 0. The molecule has 11 heteroatoms. The number of carbonyl (C=O) groups is 1. The highest BCUT2D eigenvalue weighted by Crippen LogP contribution is 2.21. The van der Waals surface area contributed by atoms with Crippen LogP contribution in [0.3, 0.4) is 0 Å². The summed E-state index contributed by atoms with van der Waals surface area (Å²) in [6, 6.07) is 0. The fraction of sp³-hybridized carbons (Fsp3) is 0.889. The number of alkyl halides is 2. The molecule has 0 rings (SSSR count). The fourth-order valence-corrected chi connectivity index (χ4v) is 1.11. The molecule has 0 atom stereocenters. The molecule has 0 aromatic rings. The molecule has 0 saturated carbocycles. The smallest absolute Gasteiger partial charge is 0.428 e. The van der Waals surface area contributed by atoms with Crippen LogP contribution in [-0.2, 0) is 33.9 Å². The van der Waals surface area contributed by atoms with Crippen molar-refractivity contribution in [2.75, 3.05) is 46.8 Å². The average Bonchev–Trinajstić information content (AvgIpc) is 2.35. The molecule has 120 valence electrons. The van der Waals surface area contributed by atoms with Crippen LogP contribution in [0.5, 0.6) is 0 Å². The van der Waals surface area contributed by atoms with Gasteiger partial charge in [-0.2, -0.15) is 8.78 Å². The van der Waals surface area contributed by atoms with E-state index in [9.17, 15) is 26.5 Å². The monoisotopic (exact) mass is 321 g/mol. The van der Waals surface area contributed by atoms with E-state index < -0.39 is 27.9 Å². The molecule has 0 N–H and O–H groups in total. The first-order chi connectivity index (χ1) is 9.23. The van der Waals surface area contributed by atoms with E-state index >= 15 is 0 Å². The number of rotatable bonds is 11. The topological polar surface area (TPSA) is 111 Å². The Bertz CT molecular complexity index is 383. The average molecular weight is 321 g/mol. The lowest BCUT2D eigenvalue weighted by atomic mass is 10.6. The molecule has 0 unspecified atom stereocenters. The molecule has 0 saturated heterocycles. The number of esters is 1. The van der Waals surface area contributed by atoms with Crippen molar-refractivity contribution in [3.63, 3.8) is 0 Å². The van der Waals surface area contributed by atoms with Crippen LogP contribution in [0.2, 0.25) is 0 Å². The Balaban J connectivity index is 3.69. The first-order valence-corrected chi connectivity index (χ1v) is 6.79. The lowest BCUT2D eigenvalue weighted by Crippen LogP contribution is -2.39. The van der Waals surface area contributed by atoms with Gasteiger partial charge in [0.15, 0.2) is 10.1 Å². The first-order valence-electron chi connectivity index (χ1n) is 5.38. The second kappa shape index (κ2) is 9.13. The van der Waals surface area contributed by atoms with Crippen molar-refractivity contribution in [1.82, 2.24) is 0 Å². The molecular formula is C9H15F2O8S-. The maximum atomic E-state index is 12.6. The summed E-state index contributed by atoms with van der Waals surface area (Å²) in [7, 11) is -4.59. The predicted octanol–water partition coefficient (Wildman–Crippen LogP) is -0.653. The van der Waals surface area contributed by atoms with Gasteiger partial charge in [-0.1, -0.05) is 0 Å². The van der Waals surface area contributed by atoms with Crippen LogP contribution in [0.25, 0.3) is 0 Å². The highest BCUT2D eigenvalue weighted by Gasteiger charge is 2.48. The normalized spacial score (nSPS) is 12.4. The molecular weight excluding hydrogens is 306 g/mol. The molecule has 0 aliphatic carbocycles. The molecule has 20 heavy (non-hydrogen) atoms. The zero-order valence-electron chi connectivity index (χ0n) is 10.7. The Labute approximate surface area is 114 Å². The highest BCUT2D eigenvalue weighted by molar-refractivity contribution is 7.87. The predicted molar refractivity (Wildman–Crippen MR) is 59.1 cm³/mol. The number of hydrogen-bond acceptors (Lipinski definition) is 8. The summed E-state index contributed by atoms with van der Waals surface area (Å²) >= 11 is 0. The molecule has 0 aliphatic rings. The lowest BCUT2D eigenvalue weighted by molar-refractivity contribution is -0.163. The largest absolute Gasteiger partial charge is 0.743 e.